The molecule has 1 aromatic heterocycles. The summed E-state index contributed by atoms with van der Waals surface area (Å²) >= 11 is 11.4. The minimum absolute atomic E-state index is 0.00502. The first-order valence-electron chi connectivity index (χ1n) is 6.26. The molecule has 0 spiro atoms. The number of anilines is 1. The summed E-state index contributed by atoms with van der Waals surface area (Å²) in [5.41, 5.74) is -0.313. The zero-order valence-corrected chi connectivity index (χ0v) is 14.4. The van der Waals surface area contributed by atoms with Gasteiger partial charge in [-0.15, -0.1) is 0 Å². The lowest BCUT2D eigenvalue weighted by Gasteiger charge is -2.11. The summed E-state index contributed by atoms with van der Waals surface area (Å²) in [4.78, 5) is 19.0. The van der Waals surface area contributed by atoms with Gasteiger partial charge in [-0.05, 0) is 17.7 Å². The van der Waals surface area contributed by atoms with Crippen LogP contribution in [-0.4, -0.2) is 31.5 Å². The fourth-order valence-corrected chi connectivity index (χ4v) is 3.41. The number of rotatable bonds is 5. The van der Waals surface area contributed by atoms with Gasteiger partial charge in [0.05, 0.1) is 17.9 Å². The third-order valence-corrected chi connectivity index (χ3v) is 4.60. The predicted molar refractivity (Wildman–Crippen MR) is 86.0 cm³/mol. The van der Waals surface area contributed by atoms with Crippen molar-refractivity contribution < 1.29 is 22.3 Å². The van der Waals surface area contributed by atoms with E-state index in [2.05, 4.69) is 19.4 Å². The third-order valence-electron chi connectivity index (χ3n) is 2.76. The summed E-state index contributed by atoms with van der Waals surface area (Å²) in [6, 6.07) is 2.02. The number of nitrogens with zero attached hydrogens (tertiary/aromatic N) is 2. The number of ether oxygens (including phenoxy) is 1. The standard InChI is InChI=1S/C13H10Cl2FN3O4S/c1-23-13(20)11-12(18-3-2-17-11)19-24(21,22)6-7-4-10(16)9(15)5-8(7)14/h2-5H,6H2,1H3,(H,18,19). The van der Waals surface area contributed by atoms with Gasteiger partial charge in [-0.3, -0.25) is 4.72 Å². The Morgan fingerprint density at radius 3 is 2.58 bits per heavy atom. The molecule has 0 saturated heterocycles. The second kappa shape index (κ2) is 7.29. The van der Waals surface area contributed by atoms with E-state index >= 15 is 0 Å². The molecule has 0 atom stereocenters. The molecule has 7 nitrogen and oxygen atoms in total. The number of halogens is 3. The Hall–Kier alpha value is -1.97. The number of nitrogens with one attached hydrogen (secondary N) is 1. The number of carbonyl (C=O) groups is 1. The number of carbonyl (C=O) groups excluding carboxylic acids is 1. The van der Waals surface area contributed by atoms with Crippen LogP contribution in [0.4, 0.5) is 10.2 Å². The molecule has 0 fully saturated rings. The van der Waals surface area contributed by atoms with Gasteiger partial charge in [0, 0.05) is 17.4 Å². The summed E-state index contributed by atoms with van der Waals surface area (Å²) < 4.78 is 44.6. The molecule has 0 aliphatic heterocycles. The lowest BCUT2D eigenvalue weighted by molar-refractivity contribution is 0.0595. The first kappa shape index (κ1) is 18.4. The van der Waals surface area contributed by atoms with Crippen LogP contribution in [0, 0.1) is 5.82 Å². The maximum Gasteiger partial charge on any atom is 0.360 e. The van der Waals surface area contributed by atoms with Crippen LogP contribution >= 0.6 is 23.2 Å². The number of sulfonamides is 1. The second-order valence-electron chi connectivity index (χ2n) is 4.46. The summed E-state index contributed by atoms with van der Waals surface area (Å²) in [7, 11) is -2.94. The van der Waals surface area contributed by atoms with Crippen LogP contribution in [0.5, 0.6) is 0 Å². The summed E-state index contributed by atoms with van der Waals surface area (Å²) in [6.45, 7) is 0. The highest BCUT2D eigenvalue weighted by atomic mass is 35.5. The smallest absolute Gasteiger partial charge is 0.360 e. The van der Waals surface area contributed by atoms with Crippen LogP contribution in [0.1, 0.15) is 16.1 Å². The Balaban J connectivity index is 2.31. The van der Waals surface area contributed by atoms with Crippen LogP contribution < -0.4 is 4.72 Å². The number of esters is 1. The molecule has 0 bridgehead atoms. The number of benzene rings is 1. The highest BCUT2D eigenvalue weighted by Gasteiger charge is 2.21. The number of methoxy groups -OCH3 is 1. The molecule has 1 heterocycles. The van der Waals surface area contributed by atoms with Gasteiger partial charge in [0.2, 0.25) is 10.0 Å². The van der Waals surface area contributed by atoms with Crippen molar-refractivity contribution in [1.29, 1.82) is 0 Å². The third kappa shape index (κ3) is 4.31. The van der Waals surface area contributed by atoms with Gasteiger partial charge in [0.25, 0.3) is 0 Å². The van der Waals surface area contributed by atoms with Gasteiger partial charge in [-0.25, -0.2) is 27.6 Å². The quantitative estimate of drug-likeness (QED) is 0.619. The van der Waals surface area contributed by atoms with Crippen molar-refractivity contribution in [2.75, 3.05) is 11.8 Å². The van der Waals surface area contributed by atoms with Crippen molar-refractivity contribution in [3.05, 3.63) is 51.6 Å². The van der Waals surface area contributed by atoms with E-state index in [1.807, 2.05) is 0 Å². The summed E-state index contributed by atoms with van der Waals surface area (Å²) in [5.74, 6) is -2.64. The molecule has 11 heteroatoms. The molecule has 24 heavy (non-hydrogen) atoms. The average Bonchev–Trinajstić information content (AvgIpc) is 2.51. The van der Waals surface area contributed by atoms with Crippen LogP contribution in [0.3, 0.4) is 0 Å². The van der Waals surface area contributed by atoms with Crippen LogP contribution in [0.15, 0.2) is 24.5 Å². The predicted octanol–water partition coefficient (Wildman–Crippen LogP) is 2.65. The second-order valence-corrected chi connectivity index (χ2v) is 7.00. The monoisotopic (exact) mass is 393 g/mol. The van der Waals surface area contributed by atoms with Crippen molar-refractivity contribution in [2.24, 2.45) is 0 Å². The Kier molecular flexibility index (Phi) is 5.58. The van der Waals surface area contributed by atoms with E-state index in [-0.39, 0.29) is 27.1 Å². The topological polar surface area (TPSA) is 98.2 Å². The first-order chi connectivity index (χ1) is 11.2. The Labute approximate surface area is 146 Å². The van der Waals surface area contributed by atoms with E-state index in [4.69, 9.17) is 23.2 Å². The largest absolute Gasteiger partial charge is 0.464 e. The van der Waals surface area contributed by atoms with Crippen molar-refractivity contribution >= 4 is 45.0 Å². The Morgan fingerprint density at radius 2 is 1.92 bits per heavy atom. The van der Waals surface area contributed by atoms with Crippen molar-refractivity contribution in [3.63, 3.8) is 0 Å². The SMILES string of the molecule is COC(=O)c1nccnc1NS(=O)(=O)Cc1cc(F)c(Cl)cc1Cl. The van der Waals surface area contributed by atoms with Gasteiger partial charge < -0.3 is 4.74 Å². The van der Waals surface area contributed by atoms with Crippen LogP contribution in [-0.2, 0) is 20.5 Å². The molecule has 0 saturated carbocycles. The van der Waals surface area contributed by atoms with Gasteiger partial charge in [0.15, 0.2) is 11.5 Å². The number of hydrogen-bond acceptors (Lipinski definition) is 6. The van der Waals surface area contributed by atoms with E-state index in [0.717, 1.165) is 19.2 Å². The molecule has 0 aliphatic carbocycles. The minimum atomic E-state index is -4.06. The normalized spacial score (nSPS) is 11.2. The first-order valence-corrected chi connectivity index (χ1v) is 8.67. The molecule has 2 aromatic rings. The molecule has 0 aliphatic rings. The maximum atomic E-state index is 13.5. The fourth-order valence-electron chi connectivity index (χ4n) is 1.72. The summed E-state index contributed by atoms with van der Waals surface area (Å²) in [5, 5.41) is -0.241. The van der Waals surface area contributed by atoms with Gasteiger partial charge in [0.1, 0.15) is 5.82 Å². The minimum Gasteiger partial charge on any atom is -0.464 e. The highest BCUT2D eigenvalue weighted by molar-refractivity contribution is 7.91. The average molecular weight is 394 g/mol. The van der Waals surface area contributed by atoms with E-state index in [1.54, 1.807) is 0 Å². The molecule has 1 N–H and O–H groups in total. The lowest BCUT2D eigenvalue weighted by atomic mass is 10.2. The van der Waals surface area contributed by atoms with Crippen molar-refractivity contribution in [1.82, 2.24) is 9.97 Å². The van der Waals surface area contributed by atoms with E-state index in [9.17, 15) is 17.6 Å². The molecule has 0 amide bonds. The zero-order valence-electron chi connectivity index (χ0n) is 12.1. The molecular formula is C13H10Cl2FN3O4S. The lowest BCUT2D eigenvalue weighted by Crippen LogP contribution is -2.19. The fraction of sp³-hybridized carbons (Fsp3) is 0.154. The molecule has 128 valence electrons. The van der Waals surface area contributed by atoms with Crippen molar-refractivity contribution in [2.45, 2.75) is 5.75 Å². The number of aromatic nitrogens is 2. The molecular weight excluding hydrogens is 384 g/mol. The van der Waals surface area contributed by atoms with Gasteiger partial charge >= 0.3 is 5.97 Å². The molecule has 0 radical (unpaired) electrons. The van der Waals surface area contributed by atoms with E-state index in [0.29, 0.717) is 0 Å². The Morgan fingerprint density at radius 1 is 1.25 bits per heavy atom. The maximum absolute atomic E-state index is 13.5. The van der Waals surface area contributed by atoms with Crippen LogP contribution in [0.25, 0.3) is 0 Å². The number of hydrogen-bond donors (Lipinski definition) is 1. The highest BCUT2D eigenvalue weighted by Crippen LogP contribution is 2.26. The van der Waals surface area contributed by atoms with Crippen molar-refractivity contribution in [3.8, 4) is 0 Å². The molecule has 0 unspecified atom stereocenters. The van der Waals surface area contributed by atoms with E-state index in [1.165, 1.54) is 12.4 Å². The summed E-state index contributed by atoms with van der Waals surface area (Å²) in [6.07, 6.45) is 2.40. The zero-order chi connectivity index (χ0) is 17.9. The molecule has 2 rings (SSSR count). The molecule has 1 aromatic carbocycles. The van der Waals surface area contributed by atoms with Gasteiger partial charge in [-0.1, -0.05) is 23.2 Å². The Bertz CT molecular complexity index is 893. The van der Waals surface area contributed by atoms with Crippen LogP contribution in [0.2, 0.25) is 10.0 Å². The van der Waals surface area contributed by atoms with E-state index < -0.39 is 27.6 Å². The van der Waals surface area contributed by atoms with Gasteiger partial charge in [-0.2, -0.15) is 0 Å².